The number of nitrogens with one attached hydrogen (secondary N) is 1. The molecule has 120 valence electrons. The number of aromatic nitrogens is 1. The highest BCUT2D eigenvalue weighted by Crippen LogP contribution is 2.46. The number of phenolic OH excluding ortho intramolecular Hbond substituents is 1. The number of amides is 1. The van der Waals surface area contributed by atoms with E-state index in [1.54, 1.807) is 6.20 Å². The van der Waals surface area contributed by atoms with Gasteiger partial charge >= 0.3 is 0 Å². The number of hydrogen-bond donors (Lipinski definition) is 2. The van der Waals surface area contributed by atoms with Crippen LogP contribution in [-0.4, -0.2) is 29.7 Å². The molecule has 1 aliphatic rings. The van der Waals surface area contributed by atoms with Crippen LogP contribution < -0.4 is 10.1 Å². The van der Waals surface area contributed by atoms with Gasteiger partial charge in [0, 0.05) is 29.4 Å². The number of rotatable bonds is 5. The van der Waals surface area contributed by atoms with E-state index in [2.05, 4.69) is 10.3 Å². The summed E-state index contributed by atoms with van der Waals surface area (Å²) in [6.07, 6.45) is 3.77. The fourth-order valence-corrected chi connectivity index (χ4v) is 2.77. The quantitative estimate of drug-likeness (QED) is 0.883. The second kappa shape index (κ2) is 6.08. The minimum atomic E-state index is -0.257. The lowest BCUT2D eigenvalue weighted by atomic mass is 10.0. The molecule has 1 amide bonds. The van der Waals surface area contributed by atoms with Crippen molar-refractivity contribution >= 4 is 17.5 Å². The monoisotopic (exact) mass is 332 g/mol. The molecule has 0 bridgehead atoms. The van der Waals surface area contributed by atoms with Crippen LogP contribution >= 0.6 is 11.6 Å². The van der Waals surface area contributed by atoms with E-state index in [9.17, 15) is 9.90 Å². The minimum absolute atomic E-state index is 0.0677. The maximum absolute atomic E-state index is 12.4. The van der Waals surface area contributed by atoms with Gasteiger partial charge in [-0.1, -0.05) is 17.7 Å². The first-order valence-corrected chi connectivity index (χ1v) is 7.70. The smallest absolute Gasteiger partial charge is 0.251 e. The summed E-state index contributed by atoms with van der Waals surface area (Å²) in [5, 5.41) is 12.7. The molecule has 0 unspecified atom stereocenters. The normalized spacial score (nSPS) is 15.0. The predicted molar refractivity (Wildman–Crippen MR) is 87.2 cm³/mol. The van der Waals surface area contributed by atoms with E-state index >= 15 is 0 Å². The van der Waals surface area contributed by atoms with Gasteiger partial charge in [0.1, 0.15) is 0 Å². The van der Waals surface area contributed by atoms with Crippen molar-refractivity contribution in [2.24, 2.45) is 0 Å². The van der Waals surface area contributed by atoms with Crippen LogP contribution in [0.2, 0.25) is 5.02 Å². The molecule has 23 heavy (non-hydrogen) atoms. The average molecular weight is 333 g/mol. The molecule has 3 rings (SSSR count). The number of halogens is 1. The number of benzene rings is 1. The van der Waals surface area contributed by atoms with E-state index in [0.29, 0.717) is 12.1 Å². The molecule has 0 radical (unpaired) electrons. The zero-order valence-corrected chi connectivity index (χ0v) is 13.4. The summed E-state index contributed by atoms with van der Waals surface area (Å²) in [5.41, 5.74) is 1.28. The Kier molecular flexibility index (Phi) is 4.13. The van der Waals surface area contributed by atoms with Gasteiger partial charge in [0.2, 0.25) is 0 Å². The molecule has 5 nitrogen and oxygen atoms in total. The van der Waals surface area contributed by atoms with Crippen LogP contribution in [0.3, 0.4) is 0 Å². The zero-order valence-electron chi connectivity index (χ0n) is 12.7. The maximum Gasteiger partial charge on any atom is 0.251 e. The lowest BCUT2D eigenvalue weighted by Gasteiger charge is -2.16. The van der Waals surface area contributed by atoms with Gasteiger partial charge in [0.25, 0.3) is 5.91 Å². The molecular formula is C17H17ClN2O3. The first kappa shape index (κ1) is 15.6. The molecule has 1 aliphatic carbocycles. The molecule has 1 fully saturated rings. The molecule has 2 aromatic rings. The van der Waals surface area contributed by atoms with E-state index < -0.39 is 0 Å². The van der Waals surface area contributed by atoms with E-state index in [1.807, 2.05) is 18.2 Å². The van der Waals surface area contributed by atoms with Crippen molar-refractivity contribution in [2.75, 3.05) is 13.7 Å². The third-order valence-corrected chi connectivity index (χ3v) is 4.45. The first-order chi connectivity index (χ1) is 11.1. The Morgan fingerprint density at radius 2 is 2.22 bits per heavy atom. The van der Waals surface area contributed by atoms with Crippen LogP contribution in [0.5, 0.6) is 11.5 Å². The highest BCUT2D eigenvalue weighted by Gasteiger charge is 2.45. The molecule has 0 aliphatic heterocycles. The second-order valence-corrected chi connectivity index (χ2v) is 6.09. The Labute approximate surface area is 139 Å². The molecule has 1 aromatic carbocycles. The molecule has 0 saturated heterocycles. The lowest BCUT2D eigenvalue weighted by molar-refractivity contribution is 0.0949. The van der Waals surface area contributed by atoms with Gasteiger partial charge < -0.3 is 15.2 Å². The predicted octanol–water partition coefficient (Wildman–Crippen LogP) is 2.91. The summed E-state index contributed by atoms with van der Waals surface area (Å²) >= 11 is 5.92. The van der Waals surface area contributed by atoms with Gasteiger partial charge in [-0.05, 0) is 37.1 Å². The Morgan fingerprint density at radius 1 is 1.43 bits per heavy atom. The zero-order chi connectivity index (χ0) is 16.4. The lowest BCUT2D eigenvalue weighted by Crippen LogP contribution is -2.32. The van der Waals surface area contributed by atoms with Gasteiger partial charge in [-0.3, -0.25) is 9.78 Å². The van der Waals surface area contributed by atoms with Crippen molar-refractivity contribution in [3.8, 4) is 11.5 Å². The summed E-state index contributed by atoms with van der Waals surface area (Å²) in [4.78, 5) is 16.7. The highest BCUT2D eigenvalue weighted by molar-refractivity contribution is 6.32. The topological polar surface area (TPSA) is 71.5 Å². The molecule has 0 spiro atoms. The van der Waals surface area contributed by atoms with Crippen LogP contribution in [0.4, 0.5) is 0 Å². The van der Waals surface area contributed by atoms with Crippen molar-refractivity contribution < 1.29 is 14.6 Å². The summed E-state index contributed by atoms with van der Waals surface area (Å²) in [6.45, 7) is 0.518. The van der Waals surface area contributed by atoms with Crippen LogP contribution in [0.1, 0.15) is 28.9 Å². The Morgan fingerprint density at radius 3 is 2.83 bits per heavy atom. The number of methoxy groups -OCH3 is 1. The third kappa shape index (κ3) is 3.10. The fourth-order valence-electron chi connectivity index (χ4n) is 2.56. The van der Waals surface area contributed by atoms with Crippen LogP contribution in [-0.2, 0) is 5.41 Å². The number of pyridine rings is 1. The largest absolute Gasteiger partial charge is 0.503 e. The Hall–Kier alpha value is -2.27. The summed E-state index contributed by atoms with van der Waals surface area (Å²) in [6, 6.07) is 8.71. The standard InChI is InChI=1S/C17H17ClN2O3/c1-23-13-9-11(8-12(18)15(13)21)16(22)20-10-17(5-6-17)14-4-2-3-7-19-14/h2-4,7-9,21H,5-6,10H2,1H3,(H,20,22). The van der Waals surface area contributed by atoms with Gasteiger partial charge in [0.15, 0.2) is 11.5 Å². The number of aromatic hydroxyl groups is 1. The van der Waals surface area contributed by atoms with Gasteiger partial charge in [-0.25, -0.2) is 0 Å². The van der Waals surface area contributed by atoms with Crippen LogP contribution in [0, 0.1) is 0 Å². The van der Waals surface area contributed by atoms with E-state index in [1.165, 1.54) is 19.2 Å². The minimum Gasteiger partial charge on any atom is -0.503 e. The molecular weight excluding hydrogens is 316 g/mol. The van der Waals surface area contributed by atoms with E-state index in [0.717, 1.165) is 18.5 Å². The molecule has 1 heterocycles. The summed E-state index contributed by atoms with van der Waals surface area (Å²) in [5.74, 6) is -0.251. The molecule has 2 N–H and O–H groups in total. The summed E-state index contributed by atoms with van der Waals surface area (Å²) in [7, 11) is 1.41. The van der Waals surface area contributed by atoms with Gasteiger partial charge in [-0.15, -0.1) is 0 Å². The number of carbonyl (C=O) groups excluding carboxylic acids is 1. The number of ether oxygens (including phenoxy) is 1. The number of nitrogens with zero attached hydrogens (tertiary/aromatic N) is 1. The molecule has 0 atom stereocenters. The molecule has 1 saturated carbocycles. The Balaban J connectivity index is 1.72. The molecule has 1 aromatic heterocycles. The van der Waals surface area contributed by atoms with Crippen LogP contribution in [0.25, 0.3) is 0 Å². The highest BCUT2D eigenvalue weighted by atomic mass is 35.5. The summed E-state index contributed by atoms with van der Waals surface area (Å²) < 4.78 is 5.02. The van der Waals surface area contributed by atoms with Crippen molar-refractivity contribution in [1.29, 1.82) is 0 Å². The van der Waals surface area contributed by atoms with Crippen LogP contribution in [0.15, 0.2) is 36.5 Å². The SMILES string of the molecule is COc1cc(C(=O)NCC2(c3ccccn3)CC2)cc(Cl)c1O. The molecule has 6 heteroatoms. The number of carbonyl (C=O) groups is 1. The van der Waals surface area contributed by atoms with Gasteiger partial charge in [0.05, 0.1) is 12.1 Å². The van der Waals surface area contributed by atoms with Crippen molar-refractivity contribution in [1.82, 2.24) is 10.3 Å². The van der Waals surface area contributed by atoms with E-state index in [-0.39, 0.29) is 27.8 Å². The first-order valence-electron chi connectivity index (χ1n) is 7.32. The number of phenols is 1. The van der Waals surface area contributed by atoms with Crippen molar-refractivity contribution in [3.05, 3.63) is 52.8 Å². The third-order valence-electron chi connectivity index (χ3n) is 4.16. The fraction of sp³-hybridized carbons (Fsp3) is 0.294. The second-order valence-electron chi connectivity index (χ2n) is 5.69. The van der Waals surface area contributed by atoms with Crippen molar-refractivity contribution in [3.63, 3.8) is 0 Å². The average Bonchev–Trinajstić information content (AvgIpc) is 3.37. The Bertz CT molecular complexity index is 730. The number of hydrogen-bond acceptors (Lipinski definition) is 4. The van der Waals surface area contributed by atoms with E-state index in [4.69, 9.17) is 16.3 Å². The maximum atomic E-state index is 12.4. The van der Waals surface area contributed by atoms with Gasteiger partial charge in [-0.2, -0.15) is 0 Å². The van der Waals surface area contributed by atoms with Crippen molar-refractivity contribution in [2.45, 2.75) is 18.3 Å².